The van der Waals surface area contributed by atoms with E-state index in [1.54, 1.807) is 13.8 Å². The van der Waals surface area contributed by atoms with Crippen LogP contribution in [0.1, 0.15) is 13.8 Å². The Labute approximate surface area is 57.7 Å². The molecule has 1 heterocycles. The highest BCUT2D eigenvalue weighted by Gasteiger charge is 2.29. The van der Waals surface area contributed by atoms with Crippen molar-refractivity contribution in [1.29, 1.82) is 0 Å². The van der Waals surface area contributed by atoms with Gasteiger partial charge in [0.1, 0.15) is 0 Å². The molecule has 0 saturated heterocycles. The lowest BCUT2D eigenvalue weighted by Gasteiger charge is -2.13. The molecule has 0 aromatic rings. The van der Waals surface area contributed by atoms with Gasteiger partial charge in [0.15, 0.2) is 0 Å². The lowest BCUT2D eigenvalue weighted by Crippen LogP contribution is -2.34. The lowest BCUT2D eigenvalue weighted by atomic mass is 10.3. The fraction of sp³-hybridized carbons (Fsp3) is 0.600. The molecule has 0 atom stereocenters. The summed E-state index contributed by atoms with van der Waals surface area (Å²) < 4.78 is 0. The molecule has 1 aliphatic rings. The van der Waals surface area contributed by atoms with E-state index in [4.69, 9.17) is 0 Å². The van der Waals surface area contributed by atoms with E-state index in [2.05, 4.69) is 10.2 Å². The lowest BCUT2D eigenvalue weighted by molar-refractivity contribution is 0.195. The van der Waals surface area contributed by atoms with Gasteiger partial charge in [0, 0.05) is 6.04 Å². The molecule has 0 aliphatic carbocycles. The molecule has 0 fully saturated rings. The number of urea groups is 2. The second-order valence-electron chi connectivity index (χ2n) is 2.23. The highest BCUT2D eigenvalue weighted by molar-refractivity contribution is 5.98. The van der Waals surface area contributed by atoms with Crippen LogP contribution in [0.5, 0.6) is 0 Å². The van der Waals surface area contributed by atoms with E-state index in [0.717, 1.165) is 4.90 Å². The molecule has 0 radical (unpaired) electrons. The van der Waals surface area contributed by atoms with Crippen molar-refractivity contribution in [3.63, 3.8) is 0 Å². The van der Waals surface area contributed by atoms with E-state index < -0.39 is 12.1 Å². The first-order valence-corrected chi connectivity index (χ1v) is 2.92. The first-order valence-electron chi connectivity index (χ1n) is 2.92. The highest BCUT2D eigenvalue weighted by atomic mass is 16.2. The second-order valence-corrected chi connectivity index (χ2v) is 2.23. The summed E-state index contributed by atoms with van der Waals surface area (Å²) in [7, 11) is 0. The molecular formula is C5H7N3O2. The molecule has 54 valence electrons. The zero-order valence-electron chi connectivity index (χ0n) is 5.74. The summed E-state index contributed by atoms with van der Waals surface area (Å²) in [5.74, 6) is 0. The van der Waals surface area contributed by atoms with Gasteiger partial charge in [-0.2, -0.15) is 0 Å². The Bertz CT molecular complexity index is 191. The minimum Gasteiger partial charge on any atom is -0.244 e. The fourth-order valence-corrected chi connectivity index (χ4v) is 0.705. The number of imide groups is 1. The quantitative estimate of drug-likeness (QED) is 0.554. The summed E-state index contributed by atoms with van der Waals surface area (Å²) in [5, 5.41) is 6.16. The van der Waals surface area contributed by atoms with Crippen LogP contribution in [0.3, 0.4) is 0 Å². The molecule has 5 heteroatoms. The van der Waals surface area contributed by atoms with Gasteiger partial charge in [0.05, 0.1) is 0 Å². The van der Waals surface area contributed by atoms with Crippen LogP contribution in [-0.4, -0.2) is 23.0 Å². The third kappa shape index (κ3) is 0.896. The van der Waals surface area contributed by atoms with Crippen LogP contribution in [0.2, 0.25) is 0 Å². The van der Waals surface area contributed by atoms with Crippen LogP contribution in [0.4, 0.5) is 9.59 Å². The number of hydrogen-bond donors (Lipinski definition) is 0. The van der Waals surface area contributed by atoms with Gasteiger partial charge >= 0.3 is 12.1 Å². The number of azo groups is 1. The largest absolute Gasteiger partial charge is 0.370 e. The fourth-order valence-electron chi connectivity index (χ4n) is 0.705. The molecule has 0 aromatic heterocycles. The topological polar surface area (TPSA) is 62.1 Å². The Balaban J connectivity index is 2.79. The van der Waals surface area contributed by atoms with Crippen LogP contribution in [0.25, 0.3) is 0 Å². The van der Waals surface area contributed by atoms with Crippen molar-refractivity contribution in [2.45, 2.75) is 19.9 Å². The minimum atomic E-state index is -0.569. The molecule has 0 aromatic carbocycles. The SMILES string of the molecule is CC(C)N1C(=O)N=NC1=O. The van der Waals surface area contributed by atoms with Crippen molar-refractivity contribution in [2.75, 3.05) is 0 Å². The Morgan fingerprint density at radius 1 is 1.20 bits per heavy atom. The smallest absolute Gasteiger partial charge is 0.244 e. The van der Waals surface area contributed by atoms with Gasteiger partial charge in [-0.1, -0.05) is 10.2 Å². The van der Waals surface area contributed by atoms with Gasteiger partial charge in [0.25, 0.3) is 0 Å². The first kappa shape index (κ1) is 6.85. The maximum Gasteiger partial charge on any atom is 0.370 e. The van der Waals surface area contributed by atoms with Gasteiger partial charge in [-0.05, 0) is 13.8 Å². The predicted octanol–water partition coefficient (Wildman–Crippen LogP) is 1.40. The highest BCUT2D eigenvalue weighted by Crippen LogP contribution is 2.10. The van der Waals surface area contributed by atoms with Gasteiger partial charge in [0.2, 0.25) is 0 Å². The van der Waals surface area contributed by atoms with Crippen LogP contribution >= 0.6 is 0 Å². The maximum absolute atomic E-state index is 10.7. The Morgan fingerprint density at radius 3 is 1.80 bits per heavy atom. The van der Waals surface area contributed by atoms with E-state index in [-0.39, 0.29) is 6.04 Å². The monoisotopic (exact) mass is 141 g/mol. The molecule has 0 N–H and O–H groups in total. The predicted molar refractivity (Wildman–Crippen MR) is 32.6 cm³/mol. The summed E-state index contributed by atoms with van der Waals surface area (Å²) in [6.07, 6.45) is 0. The van der Waals surface area contributed by atoms with Gasteiger partial charge in [-0.15, -0.1) is 0 Å². The Hall–Kier alpha value is -1.26. The Morgan fingerprint density at radius 2 is 1.60 bits per heavy atom. The van der Waals surface area contributed by atoms with Crippen LogP contribution < -0.4 is 0 Å². The average molecular weight is 141 g/mol. The van der Waals surface area contributed by atoms with E-state index in [1.165, 1.54) is 0 Å². The molecule has 0 saturated carbocycles. The van der Waals surface area contributed by atoms with Gasteiger partial charge < -0.3 is 0 Å². The van der Waals surface area contributed by atoms with Gasteiger partial charge in [-0.3, -0.25) is 0 Å². The molecule has 4 amide bonds. The molecule has 1 rings (SSSR count). The van der Waals surface area contributed by atoms with Crippen molar-refractivity contribution in [3.8, 4) is 0 Å². The molecular weight excluding hydrogens is 134 g/mol. The van der Waals surface area contributed by atoms with E-state index in [0.29, 0.717) is 0 Å². The van der Waals surface area contributed by atoms with Crippen molar-refractivity contribution >= 4 is 12.1 Å². The number of hydrogen-bond acceptors (Lipinski definition) is 2. The summed E-state index contributed by atoms with van der Waals surface area (Å²) in [6.45, 7) is 3.46. The molecule has 10 heavy (non-hydrogen) atoms. The summed E-state index contributed by atoms with van der Waals surface area (Å²) in [5.41, 5.74) is 0. The maximum atomic E-state index is 10.7. The van der Waals surface area contributed by atoms with Gasteiger partial charge in [-0.25, -0.2) is 14.5 Å². The number of nitrogens with zero attached hydrogens (tertiary/aromatic N) is 3. The molecule has 0 bridgehead atoms. The average Bonchev–Trinajstić information content (AvgIpc) is 2.11. The van der Waals surface area contributed by atoms with Crippen LogP contribution in [0.15, 0.2) is 10.2 Å². The number of carbonyl (C=O) groups is 2. The standard InChI is InChI=1S/C5H7N3O2/c1-3(2)8-4(9)6-7-5(8)10/h3H,1-2H3. The van der Waals surface area contributed by atoms with Crippen molar-refractivity contribution < 1.29 is 9.59 Å². The zero-order chi connectivity index (χ0) is 7.72. The molecule has 0 unspecified atom stereocenters. The normalized spacial score (nSPS) is 17.7. The third-order valence-corrected chi connectivity index (χ3v) is 1.15. The summed E-state index contributed by atoms with van der Waals surface area (Å²) in [6, 6.07) is -1.30. The zero-order valence-corrected chi connectivity index (χ0v) is 5.74. The van der Waals surface area contributed by atoms with Crippen molar-refractivity contribution in [1.82, 2.24) is 4.90 Å². The van der Waals surface area contributed by atoms with Crippen LogP contribution in [-0.2, 0) is 0 Å². The first-order chi connectivity index (χ1) is 4.63. The summed E-state index contributed by atoms with van der Waals surface area (Å²) in [4.78, 5) is 22.3. The van der Waals surface area contributed by atoms with E-state index >= 15 is 0 Å². The molecule has 0 spiro atoms. The summed E-state index contributed by atoms with van der Waals surface area (Å²) >= 11 is 0. The van der Waals surface area contributed by atoms with E-state index in [1.807, 2.05) is 0 Å². The van der Waals surface area contributed by atoms with Crippen molar-refractivity contribution in [3.05, 3.63) is 0 Å². The van der Waals surface area contributed by atoms with Crippen molar-refractivity contribution in [2.24, 2.45) is 10.2 Å². The molecule has 1 aliphatic heterocycles. The van der Waals surface area contributed by atoms with Crippen LogP contribution in [0, 0.1) is 0 Å². The third-order valence-electron chi connectivity index (χ3n) is 1.15. The minimum absolute atomic E-state index is 0.157. The Kier molecular flexibility index (Phi) is 1.48. The number of rotatable bonds is 1. The molecule has 5 nitrogen and oxygen atoms in total. The van der Waals surface area contributed by atoms with E-state index in [9.17, 15) is 9.59 Å². The number of amides is 4. The second kappa shape index (κ2) is 2.17. The number of carbonyl (C=O) groups excluding carboxylic acids is 2.